The van der Waals surface area contributed by atoms with Crippen LogP contribution in [-0.4, -0.2) is 36.2 Å². The summed E-state index contributed by atoms with van der Waals surface area (Å²) in [5.74, 6) is 0.588. The fourth-order valence-electron chi connectivity index (χ4n) is 3.25. The van der Waals surface area contributed by atoms with E-state index in [1.165, 1.54) is 19.3 Å². The number of amides is 1. The van der Waals surface area contributed by atoms with Crippen molar-refractivity contribution in [2.45, 2.75) is 52.1 Å². The van der Waals surface area contributed by atoms with Gasteiger partial charge in [0.1, 0.15) is 5.60 Å². The van der Waals surface area contributed by atoms with Crippen LogP contribution in [0.5, 0.6) is 0 Å². The molecule has 104 valence electrons. The summed E-state index contributed by atoms with van der Waals surface area (Å²) in [6, 6.07) is 0. The first-order valence-electron chi connectivity index (χ1n) is 7.04. The molecule has 1 saturated carbocycles. The van der Waals surface area contributed by atoms with Gasteiger partial charge >= 0.3 is 6.09 Å². The summed E-state index contributed by atoms with van der Waals surface area (Å²) in [5.41, 5.74) is 5.76. The minimum absolute atomic E-state index is 0.163. The van der Waals surface area contributed by atoms with Crippen molar-refractivity contribution in [2.75, 3.05) is 19.6 Å². The van der Waals surface area contributed by atoms with Gasteiger partial charge in [0.2, 0.25) is 0 Å². The Morgan fingerprint density at radius 2 is 2.11 bits per heavy atom. The minimum Gasteiger partial charge on any atom is -0.444 e. The minimum atomic E-state index is -0.408. The molecule has 2 N–H and O–H groups in total. The standard InChI is InChI=1S/C14H26N2O2/c1-13(2,3)18-12(17)16-8-5-11(9-15)14(10-16)6-4-7-14/h11H,4-10,15H2,1-3H3. The highest BCUT2D eigenvalue weighted by molar-refractivity contribution is 5.68. The highest BCUT2D eigenvalue weighted by Gasteiger charge is 2.48. The van der Waals surface area contributed by atoms with Crippen LogP contribution in [0.4, 0.5) is 4.79 Å². The number of piperidine rings is 1. The Bertz CT molecular complexity index is 318. The first kappa shape index (κ1) is 13.7. The van der Waals surface area contributed by atoms with E-state index in [0.29, 0.717) is 11.3 Å². The maximum atomic E-state index is 12.1. The number of hydrogen-bond acceptors (Lipinski definition) is 3. The zero-order chi connectivity index (χ0) is 13.4. The van der Waals surface area contributed by atoms with Crippen LogP contribution in [0.3, 0.4) is 0 Å². The van der Waals surface area contributed by atoms with Gasteiger partial charge in [0.25, 0.3) is 0 Å². The third-order valence-electron chi connectivity index (χ3n) is 4.40. The van der Waals surface area contributed by atoms with Gasteiger partial charge in [-0.1, -0.05) is 6.42 Å². The van der Waals surface area contributed by atoms with Gasteiger partial charge in [-0.15, -0.1) is 0 Å². The van der Waals surface area contributed by atoms with Crippen LogP contribution in [0.15, 0.2) is 0 Å². The van der Waals surface area contributed by atoms with Crippen molar-refractivity contribution in [3.05, 3.63) is 0 Å². The number of ether oxygens (including phenoxy) is 1. The van der Waals surface area contributed by atoms with Crippen LogP contribution in [0.2, 0.25) is 0 Å². The topological polar surface area (TPSA) is 55.6 Å². The zero-order valence-corrected chi connectivity index (χ0v) is 11.9. The lowest BCUT2D eigenvalue weighted by Gasteiger charge is -2.53. The fraction of sp³-hybridized carbons (Fsp3) is 0.929. The van der Waals surface area contributed by atoms with Gasteiger partial charge in [0.15, 0.2) is 0 Å². The van der Waals surface area contributed by atoms with Crippen LogP contribution in [-0.2, 0) is 4.74 Å². The smallest absolute Gasteiger partial charge is 0.410 e. The first-order valence-corrected chi connectivity index (χ1v) is 7.04. The quantitative estimate of drug-likeness (QED) is 0.781. The molecule has 0 aromatic heterocycles. The highest BCUT2D eigenvalue weighted by Crippen LogP contribution is 2.50. The molecule has 4 heteroatoms. The summed E-state index contributed by atoms with van der Waals surface area (Å²) in [6.45, 7) is 8.12. The zero-order valence-electron chi connectivity index (χ0n) is 11.9. The molecular formula is C14H26N2O2. The number of carbonyl (C=O) groups excluding carboxylic acids is 1. The lowest BCUT2D eigenvalue weighted by Crippen LogP contribution is -2.56. The molecule has 1 aliphatic carbocycles. The van der Waals surface area contributed by atoms with Crippen LogP contribution in [0.25, 0.3) is 0 Å². The predicted molar refractivity (Wildman–Crippen MR) is 71.3 cm³/mol. The summed E-state index contributed by atoms with van der Waals surface area (Å²) < 4.78 is 5.46. The Morgan fingerprint density at radius 1 is 1.44 bits per heavy atom. The Labute approximate surface area is 110 Å². The Balaban J connectivity index is 1.98. The molecule has 0 aromatic rings. The SMILES string of the molecule is CC(C)(C)OC(=O)N1CCC(CN)C2(CCC2)C1. The molecule has 1 amide bonds. The number of hydrogen-bond donors (Lipinski definition) is 1. The largest absolute Gasteiger partial charge is 0.444 e. The number of carbonyl (C=O) groups is 1. The molecule has 2 aliphatic rings. The maximum Gasteiger partial charge on any atom is 0.410 e. The second-order valence-electron chi connectivity index (χ2n) is 6.84. The highest BCUT2D eigenvalue weighted by atomic mass is 16.6. The van der Waals surface area contributed by atoms with Crippen molar-refractivity contribution in [3.63, 3.8) is 0 Å². The summed E-state index contributed by atoms with van der Waals surface area (Å²) in [4.78, 5) is 14.0. The Kier molecular flexibility index (Phi) is 3.58. The predicted octanol–water partition coefficient (Wildman–Crippen LogP) is 2.37. The monoisotopic (exact) mass is 254 g/mol. The number of nitrogens with two attached hydrogens (primary N) is 1. The molecule has 0 bridgehead atoms. The van der Waals surface area contributed by atoms with Gasteiger partial charge in [0, 0.05) is 13.1 Å². The van der Waals surface area contributed by atoms with E-state index >= 15 is 0 Å². The molecule has 1 spiro atoms. The third kappa shape index (κ3) is 2.63. The van der Waals surface area contributed by atoms with Gasteiger partial charge in [0.05, 0.1) is 0 Å². The van der Waals surface area contributed by atoms with Gasteiger partial charge in [-0.3, -0.25) is 0 Å². The van der Waals surface area contributed by atoms with Gasteiger partial charge < -0.3 is 15.4 Å². The molecule has 1 atom stereocenters. The van der Waals surface area contributed by atoms with Crippen molar-refractivity contribution in [2.24, 2.45) is 17.1 Å². The molecule has 1 saturated heterocycles. The lowest BCUT2D eigenvalue weighted by atomic mass is 9.58. The second kappa shape index (κ2) is 4.72. The normalized spacial score (nSPS) is 26.9. The van der Waals surface area contributed by atoms with Crippen molar-refractivity contribution in [1.82, 2.24) is 4.90 Å². The Morgan fingerprint density at radius 3 is 2.56 bits per heavy atom. The van der Waals surface area contributed by atoms with Crippen molar-refractivity contribution >= 4 is 6.09 Å². The van der Waals surface area contributed by atoms with Crippen LogP contribution < -0.4 is 5.73 Å². The van der Waals surface area contributed by atoms with Crippen molar-refractivity contribution < 1.29 is 9.53 Å². The summed E-state index contributed by atoms with van der Waals surface area (Å²) >= 11 is 0. The third-order valence-corrected chi connectivity index (χ3v) is 4.40. The van der Waals surface area contributed by atoms with E-state index in [2.05, 4.69) is 0 Å². The van der Waals surface area contributed by atoms with Crippen LogP contribution in [0, 0.1) is 11.3 Å². The molecule has 2 fully saturated rings. The molecule has 1 heterocycles. The van der Waals surface area contributed by atoms with Crippen LogP contribution in [0.1, 0.15) is 46.5 Å². The van der Waals surface area contributed by atoms with Crippen molar-refractivity contribution in [1.29, 1.82) is 0 Å². The molecular weight excluding hydrogens is 228 g/mol. The first-order chi connectivity index (χ1) is 8.36. The summed E-state index contributed by atoms with van der Waals surface area (Å²) in [5, 5.41) is 0. The van der Waals surface area contributed by atoms with E-state index in [-0.39, 0.29) is 6.09 Å². The fourth-order valence-corrected chi connectivity index (χ4v) is 3.25. The number of likely N-dealkylation sites (tertiary alicyclic amines) is 1. The Hall–Kier alpha value is -0.770. The average molecular weight is 254 g/mol. The molecule has 0 aromatic carbocycles. The van der Waals surface area contributed by atoms with Gasteiger partial charge in [-0.2, -0.15) is 0 Å². The summed E-state index contributed by atoms with van der Waals surface area (Å²) in [7, 11) is 0. The second-order valence-corrected chi connectivity index (χ2v) is 6.84. The van der Waals surface area contributed by atoms with E-state index in [1.807, 2.05) is 25.7 Å². The van der Waals surface area contributed by atoms with Crippen LogP contribution >= 0.6 is 0 Å². The maximum absolute atomic E-state index is 12.1. The van der Waals surface area contributed by atoms with Crippen molar-refractivity contribution in [3.8, 4) is 0 Å². The lowest BCUT2D eigenvalue weighted by molar-refractivity contribution is -0.0449. The molecule has 18 heavy (non-hydrogen) atoms. The van der Waals surface area contributed by atoms with E-state index in [9.17, 15) is 4.79 Å². The van der Waals surface area contributed by atoms with E-state index in [1.54, 1.807) is 0 Å². The van der Waals surface area contributed by atoms with Gasteiger partial charge in [-0.25, -0.2) is 4.79 Å². The molecule has 4 nitrogen and oxygen atoms in total. The van der Waals surface area contributed by atoms with E-state index in [0.717, 1.165) is 26.1 Å². The van der Waals surface area contributed by atoms with Gasteiger partial charge in [-0.05, 0) is 57.9 Å². The van der Waals surface area contributed by atoms with E-state index < -0.39 is 5.60 Å². The molecule has 1 aliphatic heterocycles. The number of nitrogens with zero attached hydrogens (tertiary/aromatic N) is 1. The molecule has 1 unspecified atom stereocenters. The molecule has 2 rings (SSSR count). The average Bonchev–Trinajstić information content (AvgIpc) is 2.23. The van der Waals surface area contributed by atoms with E-state index in [4.69, 9.17) is 10.5 Å². The number of rotatable bonds is 1. The summed E-state index contributed by atoms with van der Waals surface area (Å²) in [6.07, 6.45) is 4.57. The molecule has 0 radical (unpaired) electrons.